The van der Waals surface area contributed by atoms with E-state index < -0.39 is 30.6 Å². The number of ether oxygens (including phenoxy) is 2. The van der Waals surface area contributed by atoms with Crippen LogP contribution in [0.3, 0.4) is 0 Å². The molecule has 2 N–H and O–H groups in total. The summed E-state index contributed by atoms with van der Waals surface area (Å²) in [6.07, 6.45) is -1.12. The Kier molecular flexibility index (Phi) is 7.13. The van der Waals surface area contributed by atoms with Gasteiger partial charge in [-0.2, -0.15) is 0 Å². The number of hydrogen-bond acceptors (Lipinski definition) is 5. The number of nitrogens with one attached hydrogen (secondary N) is 2. The van der Waals surface area contributed by atoms with Crippen molar-refractivity contribution in [3.8, 4) is 5.75 Å². The molecule has 0 unspecified atom stereocenters. The van der Waals surface area contributed by atoms with Gasteiger partial charge in [0.2, 0.25) is 0 Å². The summed E-state index contributed by atoms with van der Waals surface area (Å²) in [6.45, 7) is 0.951. The van der Waals surface area contributed by atoms with Crippen molar-refractivity contribution in [3.63, 3.8) is 0 Å². The predicted molar refractivity (Wildman–Crippen MR) is 82.8 cm³/mol. The van der Waals surface area contributed by atoms with Gasteiger partial charge >= 0.3 is 12.0 Å². The van der Waals surface area contributed by atoms with Crippen LogP contribution in [0, 0.1) is 0 Å². The third-order valence-electron chi connectivity index (χ3n) is 2.38. The second-order valence-corrected chi connectivity index (χ2v) is 5.35. The van der Waals surface area contributed by atoms with Crippen molar-refractivity contribution in [1.29, 1.82) is 0 Å². The van der Waals surface area contributed by atoms with Crippen LogP contribution in [0.5, 0.6) is 5.75 Å². The van der Waals surface area contributed by atoms with Crippen molar-refractivity contribution in [2.45, 2.75) is 13.0 Å². The highest BCUT2D eigenvalue weighted by Crippen LogP contribution is 2.27. The first kappa shape index (κ1) is 18.2. The Labute approximate surface area is 140 Å². The molecule has 0 aliphatic rings. The van der Waals surface area contributed by atoms with Gasteiger partial charge in [-0.1, -0.05) is 11.6 Å². The van der Waals surface area contributed by atoms with Gasteiger partial charge in [-0.15, -0.1) is 0 Å². The highest BCUT2D eigenvalue weighted by molar-refractivity contribution is 9.10. The zero-order valence-electron chi connectivity index (χ0n) is 11.8. The van der Waals surface area contributed by atoms with Crippen molar-refractivity contribution in [2.75, 3.05) is 13.7 Å². The molecule has 0 heterocycles. The number of amides is 3. The number of benzene rings is 1. The fraction of sp³-hybridized carbons (Fsp3) is 0.308. The molecule has 1 aromatic rings. The summed E-state index contributed by atoms with van der Waals surface area (Å²) in [5.41, 5.74) is 0. The van der Waals surface area contributed by atoms with Crippen LogP contribution < -0.4 is 15.4 Å². The SMILES string of the molecule is CNC(=O)NC(=O)[C@H](C)OC(=O)COc1ccc(Cl)cc1Br. The summed E-state index contributed by atoms with van der Waals surface area (Å²) in [5.74, 6) is -1.08. The molecular formula is C13H14BrClN2O5. The molecule has 0 fully saturated rings. The van der Waals surface area contributed by atoms with Crippen LogP contribution in [-0.4, -0.2) is 37.7 Å². The van der Waals surface area contributed by atoms with Gasteiger partial charge in [-0.3, -0.25) is 10.1 Å². The largest absolute Gasteiger partial charge is 0.481 e. The average molecular weight is 394 g/mol. The summed E-state index contributed by atoms with van der Waals surface area (Å²) in [5, 5.41) is 4.72. The maximum atomic E-state index is 11.6. The molecule has 0 aliphatic heterocycles. The molecule has 0 spiro atoms. The molecule has 0 aromatic heterocycles. The number of hydrogen-bond donors (Lipinski definition) is 2. The van der Waals surface area contributed by atoms with Gasteiger partial charge in [-0.25, -0.2) is 9.59 Å². The number of imide groups is 1. The molecule has 0 radical (unpaired) electrons. The first-order valence-electron chi connectivity index (χ1n) is 6.13. The van der Waals surface area contributed by atoms with Crippen LogP contribution in [0.25, 0.3) is 0 Å². The zero-order valence-corrected chi connectivity index (χ0v) is 14.2. The van der Waals surface area contributed by atoms with E-state index in [-0.39, 0.29) is 0 Å². The molecular weight excluding hydrogens is 380 g/mol. The number of carbonyl (C=O) groups is 3. The van der Waals surface area contributed by atoms with Crippen LogP contribution in [-0.2, 0) is 14.3 Å². The number of urea groups is 1. The van der Waals surface area contributed by atoms with Crippen molar-refractivity contribution < 1.29 is 23.9 Å². The fourth-order valence-electron chi connectivity index (χ4n) is 1.29. The summed E-state index contributed by atoms with van der Waals surface area (Å²) in [4.78, 5) is 34.1. The molecule has 120 valence electrons. The summed E-state index contributed by atoms with van der Waals surface area (Å²) in [6, 6.07) is 4.12. The van der Waals surface area contributed by atoms with E-state index in [1.54, 1.807) is 18.2 Å². The van der Waals surface area contributed by atoms with Gasteiger partial charge in [0, 0.05) is 12.1 Å². The third kappa shape index (κ3) is 5.90. The molecule has 0 bridgehead atoms. The normalized spacial score (nSPS) is 11.3. The molecule has 1 aromatic carbocycles. The van der Waals surface area contributed by atoms with E-state index in [1.807, 2.05) is 5.32 Å². The molecule has 3 amide bonds. The average Bonchev–Trinajstić information content (AvgIpc) is 2.45. The Morgan fingerprint density at radius 2 is 2.05 bits per heavy atom. The minimum Gasteiger partial charge on any atom is -0.481 e. The highest BCUT2D eigenvalue weighted by atomic mass is 79.9. The van der Waals surface area contributed by atoms with Gasteiger partial charge in [0.05, 0.1) is 4.47 Å². The quantitative estimate of drug-likeness (QED) is 0.745. The Hall–Kier alpha value is -1.80. The molecule has 22 heavy (non-hydrogen) atoms. The summed E-state index contributed by atoms with van der Waals surface area (Å²) in [7, 11) is 1.36. The second kappa shape index (κ2) is 8.60. The van der Waals surface area contributed by atoms with E-state index >= 15 is 0 Å². The minimum absolute atomic E-state index is 0.391. The lowest BCUT2D eigenvalue weighted by atomic mass is 10.3. The Balaban J connectivity index is 2.45. The minimum atomic E-state index is -1.12. The van der Waals surface area contributed by atoms with Crippen LogP contribution in [0.2, 0.25) is 5.02 Å². The number of halogens is 2. The van der Waals surface area contributed by atoms with E-state index in [0.717, 1.165) is 0 Å². The Morgan fingerprint density at radius 3 is 2.64 bits per heavy atom. The van der Waals surface area contributed by atoms with Gasteiger partial charge in [-0.05, 0) is 41.1 Å². The van der Waals surface area contributed by atoms with Crippen LogP contribution in [0.4, 0.5) is 4.79 Å². The topological polar surface area (TPSA) is 93.7 Å². The lowest BCUT2D eigenvalue weighted by Crippen LogP contribution is -2.43. The van der Waals surface area contributed by atoms with E-state index in [2.05, 4.69) is 21.2 Å². The molecule has 0 saturated carbocycles. The standard InChI is InChI=1S/C13H14BrClN2O5/c1-7(12(19)17-13(20)16-2)22-11(18)6-21-10-4-3-8(15)5-9(10)14/h3-5,7H,6H2,1-2H3,(H2,16,17,19,20)/t7-/m0/s1. The monoisotopic (exact) mass is 392 g/mol. The molecule has 9 heteroatoms. The first-order chi connectivity index (χ1) is 10.3. The lowest BCUT2D eigenvalue weighted by molar-refractivity contribution is -0.156. The fourth-order valence-corrected chi connectivity index (χ4v) is 2.09. The maximum Gasteiger partial charge on any atom is 0.344 e. The Bertz CT molecular complexity index is 582. The van der Waals surface area contributed by atoms with Gasteiger partial charge < -0.3 is 14.8 Å². The summed E-state index contributed by atoms with van der Waals surface area (Å²) >= 11 is 9.02. The van der Waals surface area contributed by atoms with E-state index in [9.17, 15) is 14.4 Å². The van der Waals surface area contributed by atoms with Gasteiger partial charge in [0.25, 0.3) is 5.91 Å². The lowest BCUT2D eigenvalue weighted by Gasteiger charge is -2.13. The molecule has 0 saturated heterocycles. The second-order valence-electron chi connectivity index (χ2n) is 4.06. The molecule has 7 nitrogen and oxygen atoms in total. The van der Waals surface area contributed by atoms with E-state index in [0.29, 0.717) is 15.2 Å². The van der Waals surface area contributed by atoms with Crippen LogP contribution in [0.1, 0.15) is 6.92 Å². The number of carbonyl (C=O) groups excluding carboxylic acids is 3. The van der Waals surface area contributed by atoms with Gasteiger partial charge in [0.15, 0.2) is 12.7 Å². The molecule has 1 rings (SSSR count). The van der Waals surface area contributed by atoms with Crippen LogP contribution >= 0.6 is 27.5 Å². The van der Waals surface area contributed by atoms with E-state index in [4.69, 9.17) is 21.1 Å². The first-order valence-corrected chi connectivity index (χ1v) is 7.30. The third-order valence-corrected chi connectivity index (χ3v) is 3.24. The molecule has 0 aliphatic carbocycles. The maximum absolute atomic E-state index is 11.6. The Morgan fingerprint density at radius 1 is 1.36 bits per heavy atom. The zero-order chi connectivity index (χ0) is 16.7. The van der Waals surface area contributed by atoms with Crippen molar-refractivity contribution in [2.24, 2.45) is 0 Å². The number of esters is 1. The number of rotatable bonds is 5. The summed E-state index contributed by atoms with van der Waals surface area (Å²) < 4.78 is 10.7. The molecule has 1 atom stereocenters. The smallest absolute Gasteiger partial charge is 0.344 e. The van der Waals surface area contributed by atoms with Gasteiger partial charge in [0.1, 0.15) is 5.75 Å². The van der Waals surface area contributed by atoms with E-state index in [1.165, 1.54) is 14.0 Å². The van der Waals surface area contributed by atoms with Crippen molar-refractivity contribution in [1.82, 2.24) is 10.6 Å². The van der Waals surface area contributed by atoms with Crippen molar-refractivity contribution in [3.05, 3.63) is 27.7 Å². The predicted octanol–water partition coefficient (Wildman–Crippen LogP) is 1.87. The van der Waals surface area contributed by atoms with Crippen molar-refractivity contribution >= 4 is 45.4 Å². The van der Waals surface area contributed by atoms with Crippen LogP contribution in [0.15, 0.2) is 22.7 Å². The highest BCUT2D eigenvalue weighted by Gasteiger charge is 2.20.